The van der Waals surface area contributed by atoms with Crippen LogP contribution < -0.4 is 0 Å². The summed E-state index contributed by atoms with van der Waals surface area (Å²) in [5.74, 6) is 0.488. The van der Waals surface area contributed by atoms with E-state index in [9.17, 15) is 9.18 Å². The molecular formula is C17H19FN2O3. The van der Waals surface area contributed by atoms with Gasteiger partial charge in [0, 0.05) is 44.2 Å². The maximum atomic E-state index is 13.0. The van der Waals surface area contributed by atoms with Crippen molar-refractivity contribution in [2.24, 2.45) is 5.92 Å². The molecule has 0 N–H and O–H groups in total. The highest BCUT2D eigenvalue weighted by Crippen LogP contribution is 2.25. The summed E-state index contributed by atoms with van der Waals surface area (Å²) in [7, 11) is 1.65. The van der Waals surface area contributed by atoms with Crippen molar-refractivity contribution in [3.63, 3.8) is 0 Å². The minimum Gasteiger partial charge on any atom is -0.379 e. The van der Waals surface area contributed by atoms with Gasteiger partial charge >= 0.3 is 0 Å². The quantitative estimate of drug-likeness (QED) is 0.869. The Labute approximate surface area is 134 Å². The molecule has 0 saturated carbocycles. The molecule has 2 atom stereocenters. The van der Waals surface area contributed by atoms with Crippen molar-refractivity contribution in [1.29, 1.82) is 0 Å². The number of likely N-dealkylation sites (tertiary alicyclic amines) is 1. The van der Waals surface area contributed by atoms with Gasteiger partial charge in [-0.1, -0.05) is 5.16 Å². The first-order valence-corrected chi connectivity index (χ1v) is 7.56. The molecule has 0 radical (unpaired) electrons. The second-order valence-electron chi connectivity index (χ2n) is 5.89. The first kappa shape index (κ1) is 15.7. The zero-order valence-electron chi connectivity index (χ0n) is 13.2. The minimum absolute atomic E-state index is 0.0511. The van der Waals surface area contributed by atoms with Crippen LogP contribution in [-0.4, -0.2) is 42.3 Å². The number of carbonyl (C=O) groups excluding carboxylic acids is 1. The van der Waals surface area contributed by atoms with Gasteiger partial charge in [-0.05, 0) is 31.2 Å². The van der Waals surface area contributed by atoms with E-state index in [1.807, 2.05) is 13.0 Å². The summed E-state index contributed by atoms with van der Waals surface area (Å²) in [5.41, 5.74) is 1.32. The van der Waals surface area contributed by atoms with E-state index < -0.39 is 0 Å². The average molecular weight is 318 g/mol. The maximum absolute atomic E-state index is 13.0. The predicted octanol–water partition coefficient (Wildman–Crippen LogP) is 2.45. The van der Waals surface area contributed by atoms with Crippen molar-refractivity contribution in [2.75, 3.05) is 20.2 Å². The molecule has 23 heavy (non-hydrogen) atoms. The Morgan fingerprint density at radius 3 is 2.74 bits per heavy atom. The monoisotopic (exact) mass is 318 g/mol. The standard InChI is InChI=1S/C17H19FN2O3/c1-11-7-15(23-19-11)8-13-9-20(10-16(13)22-2)17(21)12-3-5-14(18)6-4-12/h3-7,13,16H,8-10H2,1-2H3. The zero-order valence-corrected chi connectivity index (χ0v) is 13.2. The lowest BCUT2D eigenvalue weighted by molar-refractivity contribution is 0.0672. The van der Waals surface area contributed by atoms with E-state index in [4.69, 9.17) is 9.26 Å². The van der Waals surface area contributed by atoms with E-state index in [-0.39, 0.29) is 23.7 Å². The van der Waals surface area contributed by atoms with Gasteiger partial charge in [-0.15, -0.1) is 0 Å². The molecule has 1 saturated heterocycles. The number of amides is 1. The zero-order chi connectivity index (χ0) is 16.4. The first-order chi connectivity index (χ1) is 11.1. The lowest BCUT2D eigenvalue weighted by Crippen LogP contribution is -2.29. The van der Waals surface area contributed by atoms with Gasteiger partial charge in [-0.3, -0.25) is 4.79 Å². The molecule has 0 bridgehead atoms. The number of nitrogens with zero attached hydrogens (tertiary/aromatic N) is 2. The summed E-state index contributed by atoms with van der Waals surface area (Å²) in [6.45, 7) is 2.97. The molecule has 1 aromatic carbocycles. The summed E-state index contributed by atoms with van der Waals surface area (Å²) in [5, 5.41) is 3.89. The van der Waals surface area contributed by atoms with Crippen LogP contribution in [0.3, 0.4) is 0 Å². The largest absolute Gasteiger partial charge is 0.379 e. The molecule has 5 nitrogen and oxygen atoms in total. The van der Waals surface area contributed by atoms with Crippen LogP contribution in [0.5, 0.6) is 0 Å². The number of carbonyl (C=O) groups is 1. The first-order valence-electron chi connectivity index (χ1n) is 7.56. The minimum atomic E-state index is -0.351. The molecule has 0 spiro atoms. The third-order valence-electron chi connectivity index (χ3n) is 4.20. The number of rotatable bonds is 4. The average Bonchev–Trinajstić information content (AvgIpc) is 3.14. The molecule has 1 fully saturated rings. The van der Waals surface area contributed by atoms with Gasteiger partial charge in [0.1, 0.15) is 11.6 Å². The molecule has 6 heteroatoms. The highest BCUT2D eigenvalue weighted by Gasteiger charge is 2.36. The smallest absolute Gasteiger partial charge is 0.253 e. The van der Waals surface area contributed by atoms with E-state index in [0.717, 1.165) is 11.5 Å². The lowest BCUT2D eigenvalue weighted by atomic mass is 10.0. The lowest BCUT2D eigenvalue weighted by Gasteiger charge is -2.16. The van der Waals surface area contributed by atoms with Gasteiger partial charge in [0.05, 0.1) is 11.8 Å². The Morgan fingerprint density at radius 1 is 1.39 bits per heavy atom. The molecule has 1 aromatic heterocycles. The van der Waals surface area contributed by atoms with Crippen LogP contribution in [0.2, 0.25) is 0 Å². The molecule has 2 aromatic rings. The Morgan fingerprint density at radius 2 is 2.13 bits per heavy atom. The summed E-state index contributed by atoms with van der Waals surface area (Å²) >= 11 is 0. The van der Waals surface area contributed by atoms with Crippen LogP contribution in [0.25, 0.3) is 0 Å². The number of hydrogen-bond donors (Lipinski definition) is 0. The normalized spacial score (nSPS) is 20.9. The van der Waals surface area contributed by atoms with Crippen molar-refractivity contribution >= 4 is 5.91 Å². The Balaban J connectivity index is 1.70. The number of benzene rings is 1. The van der Waals surface area contributed by atoms with Gasteiger partial charge in [-0.2, -0.15) is 0 Å². The van der Waals surface area contributed by atoms with Crippen LogP contribution in [0, 0.1) is 18.7 Å². The van der Waals surface area contributed by atoms with Crippen LogP contribution in [0.4, 0.5) is 4.39 Å². The van der Waals surface area contributed by atoms with Gasteiger partial charge in [0.15, 0.2) is 0 Å². The maximum Gasteiger partial charge on any atom is 0.253 e. The fourth-order valence-electron chi connectivity index (χ4n) is 3.02. The second kappa shape index (κ2) is 6.50. The summed E-state index contributed by atoms with van der Waals surface area (Å²) in [6.07, 6.45) is 0.622. The molecule has 1 aliphatic rings. The number of ether oxygens (including phenoxy) is 1. The second-order valence-corrected chi connectivity index (χ2v) is 5.89. The molecule has 2 unspecified atom stereocenters. The van der Waals surface area contributed by atoms with Crippen LogP contribution >= 0.6 is 0 Å². The van der Waals surface area contributed by atoms with Gasteiger partial charge in [0.2, 0.25) is 0 Å². The Hall–Kier alpha value is -2.21. The summed E-state index contributed by atoms with van der Waals surface area (Å²) < 4.78 is 23.8. The predicted molar refractivity (Wildman–Crippen MR) is 81.5 cm³/mol. The highest BCUT2D eigenvalue weighted by atomic mass is 19.1. The number of hydrogen-bond acceptors (Lipinski definition) is 4. The van der Waals surface area contributed by atoms with E-state index in [1.54, 1.807) is 12.0 Å². The van der Waals surface area contributed by atoms with Gasteiger partial charge in [-0.25, -0.2) is 4.39 Å². The number of halogens is 1. The van der Waals surface area contributed by atoms with Crippen molar-refractivity contribution in [3.8, 4) is 0 Å². The van der Waals surface area contributed by atoms with Crippen molar-refractivity contribution in [3.05, 3.63) is 53.2 Å². The third-order valence-corrected chi connectivity index (χ3v) is 4.20. The molecule has 0 aliphatic carbocycles. The Kier molecular flexibility index (Phi) is 4.43. The molecule has 3 rings (SSSR count). The van der Waals surface area contributed by atoms with Crippen molar-refractivity contribution in [2.45, 2.75) is 19.4 Å². The van der Waals surface area contributed by atoms with Crippen molar-refractivity contribution < 1.29 is 18.4 Å². The van der Waals surface area contributed by atoms with E-state index >= 15 is 0 Å². The number of aryl methyl sites for hydroxylation is 1. The topological polar surface area (TPSA) is 55.6 Å². The fourth-order valence-corrected chi connectivity index (χ4v) is 3.02. The number of methoxy groups -OCH3 is 1. The van der Waals surface area contributed by atoms with E-state index in [0.29, 0.717) is 25.1 Å². The van der Waals surface area contributed by atoms with E-state index in [2.05, 4.69) is 5.16 Å². The molecule has 1 amide bonds. The fraction of sp³-hybridized carbons (Fsp3) is 0.412. The molecule has 2 heterocycles. The van der Waals surface area contributed by atoms with Gasteiger partial charge in [0.25, 0.3) is 5.91 Å². The summed E-state index contributed by atoms with van der Waals surface area (Å²) in [4.78, 5) is 14.3. The van der Waals surface area contributed by atoms with Gasteiger partial charge < -0.3 is 14.2 Å². The molecule has 122 valence electrons. The summed E-state index contributed by atoms with van der Waals surface area (Å²) in [6, 6.07) is 7.51. The Bertz CT molecular complexity index is 683. The van der Waals surface area contributed by atoms with Crippen molar-refractivity contribution in [1.82, 2.24) is 10.1 Å². The van der Waals surface area contributed by atoms with Crippen LogP contribution in [-0.2, 0) is 11.2 Å². The highest BCUT2D eigenvalue weighted by molar-refractivity contribution is 5.94. The van der Waals surface area contributed by atoms with Crippen LogP contribution in [0.15, 0.2) is 34.9 Å². The molecule has 1 aliphatic heterocycles. The third kappa shape index (κ3) is 3.42. The molecular weight excluding hydrogens is 299 g/mol. The van der Waals surface area contributed by atoms with Crippen LogP contribution in [0.1, 0.15) is 21.8 Å². The number of aromatic nitrogens is 1. The SMILES string of the molecule is COC1CN(C(=O)c2ccc(F)cc2)CC1Cc1cc(C)no1. The van der Waals surface area contributed by atoms with E-state index in [1.165, 1.54) is 24.3 Å².